The van der Waals surface area contributed by atoms with Crippen LogP contribution in [0.5, 0.6) is 11.5 Å². The molecule has 1 saturated carbocycles. The Morgan fingerprint density at radius 1 is 1.38 bits per heavy atom. The minimum absolute atomic E-state index is 0.131. The molecular weight excluding hydrogens is 306 g/mol. The van der Waals surface area contributed by atoms with E-state index in [0.717, 1.165) is 18.4 Å². The van der Waals surface area contributed by atoms with Crippen molar-refractivity contribution in [2.24, 2.45) is 5.92 Å². The molecule has 0 aromatic heterocycles. The molecule has 6 nitrogen and oxygen atoms in total. The van der Waals surface area contributed by atoms with Crippen LogP contribution in [0.2, 0.25) is 0 Å². The highest BCUT2D eigenvalue weighted by Crippen LogP contribution is 2.39. The van der Waals surface area contributed by atoms with Crippen molar-refractivity contribution in [1.29, 1.82) is 5.26 Å². The third kappa shape index (κ3) is 4.39. The van der Waals surface area contributed by atoms with Crippen LogP contribution in [0.1, 0.15) is 25.3 Å². The number of hydrogen-bond acceptors (Lipinski definition) is 5. The molecule has 1 fully saturated rings. The normalized spacial score (nSPS) is 16.2. The summed E-state index contributed by atoms with van der Waals surface area (Å²) in [5.74, 6) is 1.49. The highest BCUT2D eigenvalue weighted by molar-refractivity contribution is 5.79. The van der Waals surface area contributed by atoms with Gasteiger partial charge < -0.3 is 14.8 Å². The first-order valence-electron chi connectivity index (χ1n) is 8.03. The molecule has 0 unspecified atom stereocenters. The number of carbonyl (C=O) groups excluding carboxylic acids is 1. The fourth-order valence-electron chi connectivity index (χ4n) is 2.80. The predicted octanol–water partition coefficient (Wildman–Crippen LogP) is 1.94. The smallest absolute Gasteiger partial charge is 0.235 e. The first-order chi connectivity index (χ1) is 11.4. The SMILES string of the molecule is COc1ccc(CN(C)CC(=O)N[C@@](C)(C#N)C2CC2)cc1OC. The van der Waals surface area contributed by atoms with Crippen LogP contribution >= 0.6 is 0 Å². The van der Waals surface area contributed by atoms with Crippen molar-refractivity contribution in [3.8, 4) is 17.6 Å². The summed E-state index contributed by atoms with van der Waals surface area (Å²) in [4.78, 5) is 14.1. The molecule has 1 amide bonds. The largest absolute Gasteiger partial charge is 0.493 e. The summed E-state index contributed by atoms with van der Waals surface area (Å²) in [5, 5.41) is 12.2. The van der Waals surface area contributed by atoms with Crippen molar-refractivity contribution < 1.29 is 14.3 Å². The molecule has 1 aliphatic carbocycles. The van der Waals surface area contributed by atoms with Crippen molar-refractivity contribution >= 4 is 5.91 Å². The van der Waals surface area contributed by atoms with Gasteiger partial charge in [0.15, 0.2) is 11.5 Å². The lowest BCUT2D eigenvalue weighted by Gasteiger charge is -2.25. The second-order valence-electron chi connectivity index (χ2n) is 6.50. The highest BCUT2D eigenvalue weighted by atomic mass is 16.5. The molecule has 1 N–H and O–H groups in total. The first-order valence-corrected chi connectivity index (χ1v) is 8.03. The molecule has 0 aliphatic heterocycles. The fourth-order valence-corrected chi connectivity index (χ4v) is 2.80. The third-order valence-corrected chi connectivity index (χ3v) is 4.34. The van der Waals surface area contributed by atoms with Gasteiger partial charge in [-0.05, 0) is 50.4 Å². The number of methoxy groups -OCH3 is 2. The Bertz CT molecular complexity index is 637. The maximum Gasteiger partial charge on any atom is 0.235 e. The zero-order chi connectivity index (χ0) is 17.7. The summed E-state index contributed by atoms with van der Waals surface area (Å²) < 4.78 is 10.5. The van der Waals surface area contributed by atoms with Crippen LogP contribution in [0.3, 0.4) is 0 Å². The van der Waals surface area contributed by atoms with Gasteiger partial charge in [0.05, 0.1) is 26.8 Å². The van der Waals surface area contributed by atoms with E-state index in [9.17, 15) is 10.1 Å². The second kappa shape index (κ2) is 7.54. The Morgan fingerprint density at radius 2 is 2.04 bits per heavy atom. The van der Waals surface area contributed by atoms with Crippen LogP contribution in [-0.4, -0.2) is 44.2 Å². The summed E-state index contributed by atoms with van der Waals surface area (Å²) in [5.41, 5.74) is 0.273. The number of rotatable bonds is 8. The number of nitriles is 1. The molecule has 1 atom stereocenters. The maximum atomic E-state index is 12.2. The van der Waals surface area contributed by atoms with Crippen LogP contribution in [0.25, 0.3) is 0 Å². The van der Waals surface area contributed by atoms with Gasteiger partial charge in [0, 0.05) is 6.54 Å². The van der Waals surface area contributed by atoms with Gasteiger partial charge in [-0.25, -0.2) is 0 Å². The summed E-state index contributed by atoms with van der Waals surface area (Å²) in [6, 6.07) is 7.93. The molecule has 1 aromatic rings. The van der Waals surface area contributed by atoms with E-state index in [1.165, 1.54) is 0 Å². The number of benzene rings is 1. The van der Waals surface area contributed by atoms with Gasteiger partial charge in [-0.3, -0.25) is 9.69 Å². The van der Waals surface area contributed by atoms with Gasteiger partial charge in [-0.15, -0.1) is 0 Å². The minimum Gasteiger partial charge on any atom is -0.493 e. The topological polar surface area (TPSA) is 74.6 Å². The van der Waals surface area contributed by atoms with Crippen LogP contribution in [0, 0.1) is 17.2 Å². The van der Waals surface area contributed by atoms with Crippen LogP contribution < -0.4 is 14.8 Å². The van der Waals surface area contributed by atoms with E-state index in [2.05, 4.69) is 11.4 Å². The molecule has 0 spiro atoms. The molecule has 0 saturated heterocycles. The standard InChI is InChI=1S/C18H25N3O3/c1-18(12-19,14-6-7-14)20-17(22)11-21(2)10-13-5-8-15(23-3)16(9-13)24-4/h5,8-9,14H,6-7,10-11H2,1-4H3,(H,20,22)/t18-/m0/s1. The van der Waals surface area contributed by atoms with E-state index in [4.69, 9.17) is 9.47 Å². The average Bonchev–Trinajstić information content (AvgIpc) is 3.39. The van der Waals surface area contributed by atoms with Crippen molar-refractivity contribution in [1.82, 2.24) is 10.2 Å². The lowest BCUT2D eigenvalue weighted by Crippen LogP contribution is -2.49. The molecule has 6 heteroatoms. The van der Waals surface area contributed by atoms with Crippen molar-refractivity contribution in [3.05, 3.63) is 23.8 Å². The molecule has 0 radical (unpaired) electrons. The van der Waals surface area contributed by atoms with E-state index in [-0.39, 0.29) is 18.4 Å². The Labute approximate surface area is 143 Å². The van der Waals surface area contributed by atoms with Gasteiger partial charge in [-0.2, -0.15) is 5.26 Å². The summed E-state index contributed by atoms with van der Waals surface area (Å²) in [6.07, 6.45) is 2.01. The lowest BCUT2D eigenvalue weighted by atomic mass is 9.98. The first kappa shape index (κ1) is 18.1. The van der Waals surface area contributed by atoms with E-state index in [1.54, 1.807) is 21.1 Å². The number of carbonyl (C=O) groups is 1. The average molecular weight is 331 g/mol. The van der Waals surface area contributed by atoms with Gasteiger partial charge in [0.2, 0.25) is 5.91 Å². The van der Waals surface area contributed by atoms with E-state index in [0.29, 0.717) is 18.0 Å². The van der Waals surface area contributed by atoms with Gasteiger partial charge in [-0.1, -0.05) is 6.07 Å². The summed E-state index contributed by atoms with van der Waals surface area (Å²) in [7, 11) is 5.07. The number of likely N-dealkylation sites (N-methyl/N-ethyl adjacent to an activating group) is 1. The van der Waals surface area contributed by atoms with E-state index in [1.807, 2.05) is 30.1 Å². The molecule has 2 rings (SSSR count). The molecule has 0 heterocycles. The van der Waals surface area contributed by atoms with Crippen molar-refractivity contribution in [2.45, 2.75) is 31.8 Å². The Balaban J connectivity index is 1.92. The highest BCUT2D eigenvalue weighted by Gasteiger charge is 2.43. The molecule has 130 valence electrons. The molecule has 1 aliphatic rings. The molecule has 24 heavy (non-hydrogen) atoms. The van der Waals surface area contributed by atoms with Crippen molar-refractivity contribution in [3.63, 3.8) is 0 Å². The molecule has 0 bridgehead atoms. The van der Waals surface area contributed by atoms with Crippen LogP contribution in [0.15, 0.2) is 18.2 Å². The zero-order valence-electron chi connectivity index (χ0n) is 14.8. The molecular formula is C18H25N3O3. The Hall–Kier alpha value is -2.26. The van der Waals surface area contributed by atoms with Crippen LogP contribution in [0.4, 0.5) is 0 Å². The van der Waals surface area contributed by atoms with Gasteiger partial charge in [0.25, 0.3) is 0 Å². The zero-order valence-corrected chi connectivity index (χ0v) is 14.8. The number of hydrogen-bond donors (Lipinski definition) is 1. The van der Waals surface area contributed by atoms with E-state index < -0.39 is 5.54 Å². The number of nitrogens with one attached hydrogen (secondary N) is 1. The fraction of sp³-hybridized carbons (Fsp3) is 0.556. The monoisotopic (exact) mass is 331 g/mol. The van der Waals surface area contributed by atoms with Crippen molar-refractivity contribution in [2.75, 3.05) is 27.8 Å². The maximum absolute atomic E-state index is 12.2. The van der Waals surface area contributed by atoms with Gasteiger partial charge in [0.1, 0.15) is 5.54 Å². The van der Waals surface area contributed by atoms with E-state index >= 15 is 0 Å². The second-order valence-corrected chi connectivity index (χ2v) is 6.50. The Morgan fingerprint density at radius 3 is 2.58 bits per heavy atom. The number of nitrogens with zero attached hydrogens (tertiary/aromatic N) is 2. The Kier molecular flexibility index (Phi) is 5.68. The third-order valence-electron chi connectivity index (χ3n) is 4.34. The molecule has 1 aromatic carbocycles. The quantitative estimate of drug-likeness (QED) is 0.788. The number of amides is 1. The minimum atomic E-state index is -0.749. The number of ether oxygens (including phenoxy) is 2. The van der Waals surface area contributed by atoms with Crippen LogP contribution in [-0.2, 0) is 11.3 Å². The predicted molar refractivity (Wildman–Crippen MR) is 90.8 cm³/mol. The van der Waals surface area contributed by atoms with Gasteiger partial charge >= 0.3 is 0 Å². The lowest BCUT2D eigenvalue weighted by molar-refractivity contribution is -0.123. The summed E-state index contributed by atoms with van der Waals surface area (Å²) in [6.45, 7) is 2.63. The summed E-state index contributed by atoms with van der Waals surface area (Å²) >= 11 is 0.